The van der Waals surface area contributed by atoms with Gasteiger partial charge in [0, 0.05) is 44.8 Å². The fourth-order valence-corrected chi connectivity index (χ4v) is 3.56. The van der Waals surface area contributed by atoms with E-state index >= 15 is 0 Å². The lowest BCUT2D eigenvalue weighted by atomic mass is 9.93. The van der Waals surface area contributed by atoms with E-state index in [0.29, 0.717) is 12.1 Å². The van der Waals surface area contributed by atoms with Gasteiger partial charge in [0.15, 0.2) is 0 Å². The third-order valence-electron chi connectivity index (χ3n) is 4.74. The Morgan fingerprint density at radius 3 is 2.63 bits per heavy atom. The highest BCUT2D eigenvalue weighted by Gasteiger charge is 2.36. The SMILES string of the molecule is CCc1cccc(C(NC)C2CN3CCN2CC3)c1. The van der Waals surface area contributed by atoms with E-state index in [0.717, 1.165) is 6.42 Å². The lowest BCUT2D eigenvalue weighted by Crippen LogP contribution is -2.63. The van der Waals surface area contributed by atoms with Crippen LogP contribution in [0, 0.1) is 0 Å². The van der Waals surface area contributed by atoms with Gasteiger partial charge in [-0.25, -0.2) is 0 Å². The van der Waals surface area contributed by atoms with Gasteiger partial charge < -0.3 is 5.32 Å². The zero-order valence-corrected chi connectivity index (χ0v) is 12.1. The van der Waals surface area contributed by atoms with E-state index in [1.807, 2.05) is 0 Å². The maximum absolute atomic E-state index is 3.56. The van der Waals surface area contributed by atoms with Crippen LogP contribution in [0.1, 0.15) is 24.1 Å². The Bertz CT molecular complexity index is 424. The van der Waals surface area contributed by atoms with Gasteiger partial charge in [0.05, 0.1) is 0 Å². The number of hydrogen-bond acceptors (Lipinski definition) is 3. The molecular formula is C16H25N3. The molecule has 2 bridgehead atoms. The highest BCUT2D eigenvalue weighted by Crippen LogP contribution is 2.27. The molecule has 1 N–H and O–H groups in total. The highest BCUT2D eigenvalue weighted by molar-refractivity contribution is 5.27. The number of fused-ring (bicyclic) bond motifs is 3. The zero-order valence-electron chi connectivity index (χ0n) is 12.1. The van der Waals surface area contributed by atoms with Crippen LogP contribution in [0.3, 0.4) is 0 Å². The van der Waals surface area contributed by atoms with Crippen molar-refractivity contribution in [2.24, 2.45) is 0 Å². The Hall–Kier alpha value is -0.900. The Morgan fingerprint density at radius 2 is 2.05 bits per heavy atom. The minimum absolute atomic E-state index is 0.453. The summed E-state index contributed by atoms with van der Waals surface area (Å²) in [7, 11) is 2.10. The van der Waals surface area contributed by atoms with E-state index in [-0.39, 0.29) is 0 Å². The molecule has 3 heteroatoms. The summed E-state index contributed by atoms with van der Waals surface area (Å²) < 4.78 is 0. The average Bonchev–Trinajstić information content (AvgIpc) is 2.49. The predicted octanol–water partition coefficient (Wildman–Crippen LogP) is 1.51. The number of likely N-dealkylation sites (N-methyl/N-ethyl adjacent to an activating group) is 1. The molecule has 2 atom stereocenters. The number of benzene rings is 1. The number of nitrogens with one attached hydrogen (secondary N) is 1. The van der Waals surface area contributed by atoms with Crippen molar-refractivity contribution in [1.29, 1.82) is 0 Å². The van der Waals surface area contributed by atoms with E-state index in [4.69, 9.17) is 0 Å². The van der Waals surface area contributed by atoms with Gasteiger partial charge in [0.2, 0.25) is 0 Å². The maximum atomic E-state index is 3.56. The second kappa shape index (κ2) is 5.61. The van der Waals surface area contributed by atoms with Gasteiger partial charge in [0.25, 0.3) is 0 Å². The molecule has 1 aromatic rings. The van der Waals surface area contributed by atoms with Gasteiger partial charge in [-0.2, -0.15) is 0 Å². The van der Waals surface area contributed by atoms with Crippen molar-refractivity contribution in [3.05, 3.63) is 35.4 Å². The standard InChI is InChI=1S/C16H25N3/c1-3-13-5-4-6-14(11-13)16(17-2)15-12-18-7-9-19(15)10-8-18/h4-6,11,15-17H,3,7-10,12H2,1-2H3. The molecule has 0 aromatic heterocycles. The van der Waals surface area contributed by atoms with Crippen molar-refractivity contribution in [1.82, 2.24) is 15.1 Å². The number of hydrogen-bond donors (Lipinski definition) is 1. The summed E-state index contributed by atoms with van der Waals surface area (Å²) in [5, 5.41) is 3.56. The highest BCUT2D eigenvalue weighted by atomic mass is 15.4. The molecule has 3 heterocycles. The second-order valence-electron chi connectivity index (χ2n) is 5.77. The lowest BCUT2D eigenvalue weighted by Gasteiger charge is -2.50. The van der Waals surface area contributed by atoms with Crippen molar-refractivity contribution < 1.29 is 0 Å². The Morgan fingerprint density at radius 1 is 1.26 bits per heavy atom. The van der Waals surface area contributed by atoms with Gasteiger partial charge in [0.1, 0.15) is 0 Å². The van der Waals surface area contributed by atoms with Crippen LogP contribution in [0.2, 0.25) is 0 Å². The average molecular weight is 259 g/mol. The molecule has 1 aromatic carbocycles. The molecule has 3 aliphatic rings. The van der Waals surface area contributed by atoms with Crippen LogP contribution >= 0.6 is 0 Å². The van der Waals surface area contributed by atoms with Crippen molar-refractivity contribution in [3.8, 4) is 0 Å². The molecule has 0 saturated carbocycles. The normalized spacial score (nSPS) is 31.4. The van der Waals surface area contributed by atoms with E-state index in [2.05, 4.69) is 53.4 Å². The van der Waals surface area contributed by atoms with Gasteiger partial charge >= 0.3 is 0 Å². The van der Waals surface area contributed by atoms with Crippen LogP contribution in [0.4, 0.5) is 0 Å². The summed E-state index contributed by atoms with van der Waals surface area (Å²) in [5.41, 5.74) is 2.88. The first-order chi connectivity index (χ1) is 9.31. The molecule has 2 unspecified atom stereocenters. The predicted molar refractivity (Wildman–Crippen MR) is 79.4 cm³/mol. The van der Waals surface area contributed by atoms with Crippen LogP contribution in [0.5, 0.6) is 0 Å². The molecular weight excluding hydrogens is 234 g/mol. The van der Waals surface area contributed by atoms with Crippen molar-refractivity contribution >= 4 is 0 Å². The fraction of sp³-hybridized carbons (Fsp3) is 0.625. The van der Waals surface area contributed by atoms with Gasteiger partial charge in [-0.3, -0.25) is 9.80 Å². The number of piperazine rings is 3. The Labute approximate surface area is 116 Å². The molecule has 3 saturated heterocycles. The lowest BCUT2D eigenvalue weighted by molar-refractivity contribution is -0.00255. The zero-order chi connectivity index (χ0) is 13.2. The monoisotopic (exact) mass is 259 g/mol. The van der Waals surface area contributed by atoms with Crippen molar-refractivity contribution in [3.63, 3.8) is 0 Å². The molecule has 4 rings (SSSR count). The molecule has 0 amide bonds. The summed E-state index contributed by atoms with van der Waals surface area (Å²) in [6.45, 7) is 8.41. The smallest absolute Gasteiger partial charge is 0.0488 e. The Kier molecular flexibility index (Phi) is 3.87. The first kappa shape index (κ1) is 13.1. The summed E-state index contributed by atoms with van der Waals surface area (Å²) in [5.74, 6) is 0. The van der Waals surface area contributed by atoms with Crippen LogP contribution in [0.25, 0.3) is 0 Å². The second-order valence-corrected chi connectivity index (χ2v) is 5.77. The van der Waals surface area contributed by atoms with Gasteiger partial charge in [-0.1, -0.05) is 31.2 Å². The van der Waals surface area contributed by atoms with E-state index in [1.165, 1.54) is 43.9 Å². The largest absolute Gasteiger partial charge is 0.312 e. The fourth-order valence-electron chi connectivity index (χ4n) is 3.56. The van der Waals surface area contributed by atoms with Crippen molar-refractivity contribution in [2.75, 3.05) is 39.8 Å². The van der Waals surface area contributed by atoms with E-state index < -0.39 is 0 Å². The summed E-state index contributed by atoms with van der Waals surface area (Å²) in [6.07, 6.45) is 1.12. The van der Waals surface area contributed by atoms with Gasteiger partial charge in [-0.15, -0.1) is 0 Å². The molecule has 0 spiro atoms. The molecule has 0 aliphatic carbocycles. The topological polar surface area (TPSA) is 18.5 Å². The Balaban J connectivity index is 1.83. The van der Waals surface area contributed by atoms with Crippen LogP contribution in [-0.2, 0) is 6.42 Å². The first-order valence-electron chi connectivity index (χ1n) is 7.54. The minimum Gasteiger partial charge on any atom is -0.312 e. The number of rotatable bonds is 4. The van der Waals surface area contributed by atoms with Crippen LogP contribution in [0.15, 0.2) is 24.3 Å². The number of nitrogens with zero attached hydrogens (tertiary/aromatic N) is 2. The maximum Gasteiger partial charge on any atom is 0.0488 e. The third-order valence-corrected chi connectivity index (χ3v) is 4.74. The van der Waals surface area contributed by atoms with Crippen LogP contribution < -0.4 is 5.32 Å². The molecule has 19 heavy (non-hydrogen) atoms. The van der Waals surface area contributed by atoms with Gasteiger partial charge in [-0.05, 0) is 24.6 Å². The van der Waals surface area contributed by atoms with Crippen molar-refractivity contribution in [2.45, 2.75) is 25.4 Å². The molecule has 3 aliphatic heterocycles. The molecule has 3 nitrogen and oxygen atoms in total. The first-order valence-corrected chi connectivity index (χ1v) is 7.54. The minimum atomic E-state index is 0.453. The summed E-state index contributed by atoms with van der Waals surface area (Å²) in [4.78, 5) is 5.28. The quantitative estimate of drug-likeness (QED) is 0.884. The van der Waals surface area contributed by atoms with Crippen LogP contribution in [-0.4, -0.2) is 55.6 Å². The summed E-state index contributed by atoms with van der Waals surface area (Å²) >= 11 is 0. The van der Waals surface area contributed by atoms with E-state index in [9.17, 15) is 0 Å². The number of aryl methyl sites for hydroxylation is 1. The third kappa shape index (κ3) is 2.55. The molecule has 0 radical (unpaired) electrons. The molecule has 104 valence electrons. The summed E-state index contributed by atoms with van der Waals surface area (Å²) in [6, 6.07) is 10.2. The molecule has 3 fully saturated rings. The van der Waals surface area contributed by atoms with E-state index in [1.54, 1.807) is 0 Å².